The summed E-state index contributed by atoms with van der Waals surface area (Å²) in [6.45, 7) is 11.3. The molecule has 108 valence electrons. The van der Waals surface area contributed by atoms with E-state index in [1.165, 1.54) is 30.4 Å². The largest absolute Gasteiger partial charge is 0.316 e. The van der Waals surface area contributed by atoms with E-state index in [0.717, 1.165) is 31.8 Å². The average Bonchev–Trinajstić information content (AvgIpc) is 2.42. The Kier molecular flexibility index (Phi) is 7.81. The molecule has 1 N–H and O–H groups in total. The standard InChI is InChI=1S/C18H31N/c1-5-16-10-11-17(6-2)18(13-16)9-7-8-12-19-14-15(3)4/h10-11,13,15,19H,5-9,12,14H2,1-4H3. The Morgan fingerprint density at radius 2 is 1.79 bits per heavy atom. The SMILES string of the molecule is CCc1ccc(CC)c(CCCCNCC(C)C)c1. The molecule has 0 unspecified atom stereocenters. The zero-order valence-corrected chi connectivity index (χ0v) is 13.3. The summed E-state index contributed by atoms with van der Waals surface area (Å²) in [5.74, 6) is 0.757. The van der Waals surface area contributed by atoms with Gasteiger partial charge in [-0.05, 0) is 67.8 Å². The molecule has 1 nitrogen and oxygen atoms in total. The Labute approximate surface area is 119 Å². The van der Waals surface area contributed by atoms with E-state index in [1.54, 1.807) is 5.56 Å². The van der Waals surface area contributed by atoms with Crippen molar-refractivity contribution in [3.05, 3.63) is 34.9 Å². The fourth-order valence-corrected chi connectivity index (χ4v) is 2.43. The lowest BCUT2D eigenvalue weighted by Crippen LogP contribution is -2.20. The first kappa shape index (κ1) is 16.2. The molecule has 0 aromatic heterocycles. The maximum absolute atomic E-state index is 3.52. The van der Waals surface area contributed by atoms with Crippen LogP contribution in [0, 0.1) is 5.92 Å². The molecular weight excluding hydrogens is 230 g/mol. The van der Waals surface area contributed by atoms with E-state index in [4.69, 9.17) is 0 Å². The second-order valence-electron chi connectivity index (χ2n) is 5.87. The van der Waals surface area contributed by atoms with Crippen molar-refractivity contribution >= 4 is 0 Å². The van der Waals surface area contributed by atoms with Gasteiger partial charge in [0.2, 0.25) is 0 Å². The molecule has 0 atom stereocenters. The van der Waals surface area contributed by atoms with Crippen molar-refractivity contribution in [2.45, 2.75) is 59.8 Å². The van der Waals surface area contributed by atoms with E-state index in [9.17, 15) is 0 Å². The van der Waals surface area contributed by atoms with Crippen LogP contribution in [0.25, 0.3) is 0 Å². The summed E-state index contributed by atoms with van der Waals surface area (Å²) in [4.78, 5) is 0. The molecule has 1 aromatic rings. The highest BCUT2D eigenvalue weighted by Crippen LogP contribution is 2.16. The summed E-state index contributed by atoms with van der Waals surface area (Å²) in [6, 6.07) is 7.03. The molecule has 0 bridgehead atoms. The third kappa shape index (κ3) is 6.24. The zero-order valence-electron chi connectivity index (χ0n) is 13.3. The molecule has 0 aliphatic rings. The van der Waals surface area contributed by atoms with Gasteiger partial charge in [0.15, 0.2) is 0 Å². The number of nitrogens with one attached hydrogen (secondary N) is 1. The molecule has 0 fully saturated rings. The minimum absolute atomic E-state index is 0.757. The van der Waals surface area contributed by atoms with Gasteiger partial charge in [0.25, 0.3) is 0 Å². The lowest BCUT2D eigenvalue weighted by Gasteiger charge is -2.11. The van der Waals surface area contributed by atoms with Crippen LogP contribution < -0.4 is 5.32 Å². The third-order valence-electron chi connectivity index (χ3n) is 3.66. The Bertz CT molecular complexity index is 355. The summed E-state index contributed by atoms with van der Waals surface area (Å²) in [6.07, 6.45) is 6.12. The lowest BCUT2D eigenvalue weighted by atomic mass is 9.97. The van der Waals surface area contributed by atoms with Gasteiger partial charge < -0.3 is 5.32 Å². The second kappa shape index (κ2) is 9.14. The number of hydrogen-bond donors (Lipinski definition) is 1. The van der Waals surface area contributed by atoms with Gasteiger partial charge in [0.1, 0.15) is 0 Å². The van der Waals surface area contributed by atoms with Crippen LogP contribution in [-0.4, -0.2) is 13.1 Å². The van der Waals surface area contributed by atoms with E-state index in [-0.39, 0.29) is 0 Å². The smallest absolute Gasteiger partial charge is 0.00258 e. The van der Waals surface area contributed by atoms with E-state index in [1.807, 2.05) is 0 Å². The van der Waals surface area contributed by atoms with Crippen LogP contribution in [0.1, 0.15) is 57.2 Å². The van der Waals surface area contributed by atoms with Crippen LogP contribution >= 0.6 is 0 Å². The number of unbranched alkanes of at least 4 members (excludes halogenated alkanes) is 1. The van der Waals surface area contributed by atoms with Crippen molar-refractivity contribution in [2.75, 3.05) is 13.1 Å². The molecule has 0 aliphatic heterocycles. The van der Waals surface area contributed by atoms with E-state index in [2.05, 4.69) is 51.2 Å². The van der Waals surface area contributed by atoms with Crippen LogP contribution in [0.3, 0.4) is 0 Å². The van der Waals surface area contributed by atoms with Crippen molar-refractivity contribution in [2.24, 2.45) is 5.92 Å². The molecular formula is C18H31N. The fraction of sp³-hybridized carbons (Fsp3) is 0.667. The Morgan fingerprint density at radius 3 is 2.42 bits per heavy atom. The second-order valence-corrected chi connectivity index (χ2v) is 5.87. The Balaban J connectivity index is 2.35. The van der Waals surface area contributed by atoms with E-state index < -0.39 is 0 Å². The summed E-state index contributed by atoms with van der Waals surface area (Å²) in [5.41, 5.74) is 4.59. The Hall–Kier alpha value is -0.820. The highest BCUT2D eigenvalue weighted by atomic mass is 14.8. The molecule has 19 heavy (non-hydrogen) atoms. The number of rotatable bonds is 9. The monoisotopic (exact) mass is 261 g/mol. The van der Waals surface area contributed by atoms with Gasteiger partial charge in [-0.15, -0.1) is 0 Å². The first-order valence-corrected chi connectivity index (χ1v) is 7.98. The summed E-state index contributed by atoms with van der Waals surface area (Å²) < 4.78 is 0. The number of benzene rings is 1. The zero-order chi connectivity index (χ0) is 14.1. The van der Waals surface area contributed by atoms with Crippen LogP contribution in [0.15, 0.2) is 18.2 Å². The molecule has 0 aliphatic carbocycles. The van der Waals surface area contributed by atoms with Gasteiger partial charge in [0.05, 0.1) is 0 Å². The summed E-state index contributed by atoms with van der Waals surface area (Å²) >= 11 is 0. The first-order valence-electron chi connectivity index (χ1n) is 7.98. The Morgan fingerprint density at radius 1 is 1.00 bits per heavy atom. The average molecular weight is 261 g/mol. The van der Waals surface area contributed by atoms with Gasteiger partial charge in [-0.3, -0.25) is 0 Å². The van der Waals surface area contributed by atoms with E-state index in [0.29, 0.717) is 0 Å². The van der Waals surface area contributed by atoms with E-state index >= 15 is 0 Å². The van der Waals surface area contributed by atoms with Gasteiger partial charge >= 0.3 is 0 Å². The number of aryl methyl sites for hydroxylation is 3. The molecule has 0 heterocycles. The van der Waals surface area contributed by atoms with Crippen LogP contribution in [-0.2, 0) is 19.3 Å². The maximum Gasteiger partial charge on any atom is -0.00258 e. The molecule has 0 amide bonds. The number of hydrogen-bond acceptors (Lipinski definition) is 1. The molecule has 1 heteroatoms. The van der Waals surface area contributed by atoms with Crippen LogP contribution in [0.5, 0.6) is 0 Å². The van der Waals surface area contributed by atoms with Gasteiger partial charge in [-0.1, -0.05) is 45.9 Å². The molecule has 1 rings (SSSR count). The fourth-order valence-electron chi connectivity index (χ4n) is 2.43. The third-order valence-corrected chi connectivity index (χ3v) is 3.66. The quantitative estimate of drug-likeness (QED) is 0.650. The summed E-state index contributed by atoms with van der Waals surface area (Å²) in [5, 5.41) is 3.52. The predicted octanol–water partition coefficient (Wildman–Crippen LogP) is 4.38. The van der Waals surface area contributed by atoms with Gasteiger partial charge in [-0.2, -0.15) is 0 Å². The van der Waals surface area contributed by atoms with Crippen LogP contribution in [0.2, 0.25) is 0 Å². The van der Waals surface area contributed by atoms with Crippen molar-refractivity contribution in [3.63, 3.8) is 0 Å². The normalized spacial score (nSPS) is 11.2. The molecule has 0 saturated heterocycles. The minimum Gasteiger partial charge on any atom is -0.316 e. The van der Waals surface area contributed by atoms with Crippen molar-refractivity contribution in [1.29, 1.82) is 0 Å². The minimum atomic E-state index is 0.757. The molecule has 0 spiro atoms. The maximum atomic E-state index is 3.52. The predicted molar refractivity (Wildman–Crippen MR) is 85.8 cm³/mol. The molecule has 0 saturated carbocycles. The van der Waals surface area contributed by atoms with Crippen molar-refractivity contribution in [1.82, 2.24) is 5.32 Å². The molecule has 0 radical (unpaired) electrons. The van der Waals surface area contributed by atoms with Gasteiger partial charge in [-0.25, -0.2) is 0 Å². The molecule has 1 aromatic carbocycles. The highest BCUT2D eigenvalue weighted by molar-refractivity contribution is 5.32. The first-order chi connectivity index (χ1) is 9.17. The summed E-state index contributed by atoms with van der Waals surface area (Å²) in [7, 11) is 0. The van der Waals surface area contributed by atoms with Gasteiger partial charge in [0, 0.05) is 0 Å². The van der Waals surface area contributed by atoms with Crippen LogP contribution in [0.4, 0.5) is 0 Å². The van der Waals surface area contributed by atoms with Crippen molar-refractivity contribution in [3.8, 4) is 0 Å². The van der Waals surface area contributed by atoms with Crippen molar-refractivity contribution < 1.29 is 0 Å². The lowest BCUT2D eigenvalue weighted by molar-refractivity contribution is 0.535. The highest BCUT2D eigenvalue weighted by Gasteiger charge is 2.02. The topological polar surface area (TPSA) is 12.0 Å².